The van der Waals surface area contributed by atoms with Gasteiger partial charge in [-0.3, -0.25) is 0 Å². The van der Waals surface area contributed by atoms with Gasteiger partial charge in [-0.25, -0.2) is 0 Å². The van der Waals surface area contributed by atoms with Crippen molar-refractivity contribution in [3.63, 3.8) is 0 Å². The summed E-state index contributed by atoms with van der Waals surface area (Å²) < 4.78 is 2.41. The van der Waals surface area contributed by atoms with E-state index in [4.69, 9.17) is 0 Å². The zero-order valence-corrected chi connectivity index (χ0v) is 61.4. The molecule has 0 unspecified atom stereocenters. The molecule has 0 atom stereocenters. The summed E-state index contributed by atoms with van der Waals surface area (Å²) in [6, 6.07) is 127. The van der Waals surface area contributed by atoms with E-state index in [1.165, 1.54) is 224 Å². The van der Waals surface area contributed by atoms with E-state index in [1.807, 2.05) is 0 Å². The van der Waals surface area contributed by atoms with Crippen LogP contribution in [0, 0.1) is 47.3 Å². The maximum absolute atomic E-state index is 2.68. The molecule has 0 radical (unpaired) electrons. The summed E-state index contributed by atoms with van der Waals surface area (Å²) in [5, 5.41) is 13.1. The van der Waals surface area contributed by atoms with Crippen LogP contribution in [0.4, 0.5) is 0 Å². The second-order valence-corrected chi connectivity index (χ2v) is 34.1. The van der Waals surface area contributed by atoms with Gasteiger partial charge in [0, 0.05) is 27.3 Å². The first-order valence-corrected chi connectivity index (χ1v) is 40.7. The first-order chi connectivity index (χ1) is 54.0. The minimum absolute atomic E-state index is 0.145. The molecule has 0 amide bonds. The molecule has 109 heavy (non-hydrogen) atoms. The third-order valence-electron chi connectivity index (χ3n) is 29.0. The van der Waals surface area contributed by atoms with Crippen LogP contribution < -0.4 is 0 Å². The predicted octanol–water partition coefficient (Wildman–Crippen LogP) is 28.5. The van der Waals surface area contributed by atoms with E-state index < -0.39 is 0 Å². The Bertz CT molecular complexity index is 6450. The minimum atomic E-state index is 0.145. The SMILES string of the molecule is c1ccc(-c2ccc(-c3c4ccccc4c(-c4ccc5c(c4)C4(c6ccccc6-5)C5CC6CC(C5)CC4C6)c4ccccc34)c(-c3ccccc3)c2)cc1.c1ccc(-n2c3ccccc3c3cc(-c4c5ccccc5c(-c5ccc6c(c5)C5(c7ccccc7-6)C6CC7CC(C6)CC5C7)c5ccccc45)ccc32)cc1. The quantitative estimate of drug-likeness (QED) is 0.140. The highest BCUT2D eigenvalue weighted by Crippen LogP contribution is 2.72. The van der Waals surface area contributed by atoms with Crippen molar-refractivity contribution < 1.29 is 0 Å². The monoisotopic (exact) mass is 1390 g/mol. The molecule has 17 aromatic rings. The average Bonchev–Trinajstić information content (AvgIpc) is 1.54. The number of rotatable bonds is 7. The Kier molecular flexibility index (Phi) is 13.7. The molecule has 1 nitrogen and oxygen atoms in total. The van der Waals surface area contributed by atoms with Gasteiger partial charge in [-0.1, -0.05) is 285 Å². The van der Waals surface area contributed by atoms with Gasteiger partial charge >= 0.3 is 0 Å². The maximum atomic E-state index is 2.68. The maximum Gasteiger partial charge on any atom is 0.0541 e. The number of aromatic nitrogens is 1. The zero-order chi connectivity index (χ0) is 71.2. The van der Waals surface area contributed by atoms with Crippen molar-refractivity contribution in [3.05, 3.63) is 356 Å². The number of hydrogen-bond acceptors (Lipinski definition) is 0. The van der Waals surface area contributed by atoms with Crippen molar-refractivity contribution in [2.75, 3.05) is 0 Å². The van der Waals surface area contributed by atoms with Gasteiger partial charge in [0.05, 0.1) is 11.0 Å². The number of nitrogens with zero attached hydrogens (tertiary/aromatic N) is 1. The third kappa shape index (κ3) is 8.96. The number of benzene rings is 16. The summed E-state index contributed by atoms with van der Waals surface area (Å²) in [6.07, 6.45) is 14.2. The molecule has 16 aromatic carbocycles. The van der Waals surface area contributed by atoms with E-state index in [0.717, 1.165) is 47.3 Å². The number of para-hydroxylation sites is 2. The van der Waals surface area contributed by atoms with E-state index in [0.29, 0.717) is 0 Å². The van der Waals surface area contributed by atoms with Crippen LogP contribution in [0.1, 0.15) is 86.5 Å². The molecule has 10 aliphatic carbocycles. The fourth-order valence-electron chi connectivity index (χ4n) is 25.5. The number of fused-ring (bicyclic) bond motifs is 13. The standard InChI is InChI=1S/C54H41N.C54H42/c1-2-12-39(13-3-1)55-50-21-11-9-15-42(50)47-31-35(23-25-51(47)55)52-43-16-4-6-18-45(43)53(46-19-7-5-17-44(46)52)36-22-24-41-40-14-8-10-20-48(40)54(49(41)32-36)37-27-33-26-34(29-37)30-38(54)28-33;1-3-13-36(14-4-1)38-23-26-48(49(32-38)37-15-5-2-6-16-37)53-46-20-9-7-18-44(46)52(45-19-8-10-21-47(45)53)39-24-25-43-42-17-11-12-22-50(42)54(51(43)33-39)40-28-34-27-35(30-40)31-41(54)29-34/h1-25,31-34,37-38H,26-30H2;1-26,32-35,40-41H,27-31H2. The predicted molar refractivity (Wildman–Crippen MR) is 456 cm³/mol. The summed E-state index contributed by atoms with van der Waals surface area (Å²) in [5.74, 6) is 6.72. The Morgan fingerprint density at radius 2 is 0.523 bits per heavy atom. The molecule has 0 saturated heterocycles. The van der Waals surface area contributed by atoms with Crippen LogP contribution in [-0.4, -0.2) is 4.57 Å². The largest absolute Gasteiger partial charge is 0.309 e. The Labute approximate surface area is 638 Å². The molecule has 8 fully saturated rings. The van der Waals surface area contributed by atoms with Crippen LogP contribution in [-0.2, 0) is 10.8 Å². The fourth-order valence-corrected chi connectivity index (χ4v) is 25.5. The summed E-state index contributed by atoms with van der Waals surface area (Å²) in [7, 11) is 0. The highest BCUT2D eigenvalue weighted by Gasteiger charge is 2.63. The Morgan fingerprint density at radius 3 is 0.982 bits per heavy atom. The van der Waals surface area contributed by atoms with Gasteiger partial charge in [-0.15, -0.1) is 0 Å². The summed E-state index contributed by atoms with van der Waals surface area (Å²) >= 11 is 0. The highest BCUT2D eigenvalue weighted by atomic mass is 15.0. The van der Waals surface area contributed by atoms with Crippen molar-refractivity contribution in [3.8, 4) is 94.7 Å². The van der Waals surface area contributed by atoms with Gasteiger partial charge in [0.15, 0.2) is 0 Å². The van der Waals surface area contributed by atoms with Crippen LogP contribution in [0.2, 0.25) is 0 Å². The molecule has 2 spiro atoms. The third-order valence-corrected chi connectivity index (χ3v) is 29.0. The molecule has 0 aliphatic heterocycles. The second-order valence-electron chi connectivity index (χ2n) is 34.1. The summed E-state index contributed by atoms with van der Waals surface area (Å²) in [6.45, 7) is 0. The van der Waals surface area contributed by atoms with E-state index in [2.05, 4.69) is 338 Å². The lowest BCUT2D eigenvalue weighted by atomic mass is 9.43. The lowest BCUT2D eigenvalue weighted by Gasteiger charge is -2.61. The Balaban J connectivity index is 0.000000128. The molecule has 1 heterocycles. The van der Waals surface area contributed by atoms with E-state index >= 15 is 0 Å². The van der Waals surface area contributed by atoms with Crippen molar-refractivity contribution in [1.82, 2.24) is 4.57 Å². The van der Waals surface area contributed by atoms with Crippen molar-refractivity contribution >= 4 is 64.9 Å². The van der Waals surface area contributed by atoms with Gasteiger partial charge in [0.1, 0.15) is 0 Å². The molecule has 10 aliphatic rings. The first kappa shape index (κ1) is 62.4. The van der Waals surface area contributed by atoms with Crippen molar-refractivity contribution in [1.29, 1.82) is 0 Å². The highest BCUT2D eigenvalue weighted by molar-refractivity contribution is 6.24. The molecule has 1 heteroatoms. The van der Waals surface area contributed by atoms with Crippen LogP contribution in [0.15, 0.2) is 334 Å². The van der Waals surface area contributed by atoms with Gasteiger partial charge in [0.25, 0.3) is 0 Å². The topological polar surface area (TPSA) is 4.93 Å². The molecule has 0 N–H and O–H groups in total. The van der Waals surface area contributed by atoms with Crippen LogP contribution in [0.5, 0.6) is 0 Å². The smallest absolute Gasteiger partial charge is 0.0541 e. The van der Waals surface area contributed by atoms with Crippen molar-refractivity contribution in [2.24, 2.45) is 47.3 Å². The van der Waals surface area contributed by atoms with Crippen molar-refractivity contribution in [2.45, 2.75) is 75.0 Å². The fraction of sp³-hybridized carbons (Fsp3) is 0.185. The van der Waals surface area contributed by atoms with Crippen LogP contribution in [0.3, 0.4) is 0 Å². The van der Waals surface area contributed by atoms with E-state index in [1.54, 1.807) is 22.3 Å². The minimum Gasteiger partial charge on any atom is -0.309 e. The Hall–Kier alpha value is -11.6. The molecule has 8 bridgehead atoms. The Morgan fingerprint density at radius 1 is 0.193 bits per heavy atom. The van der Waals surface area contributed by atoms with E-state index in [-0.39, 0.29) is 10.8 Å². The van der Waals surface area contributed by atoms with Crippen LogP contribution >= 0.6 is 0 Å². The van der Waals surface area contributed by atoms with Gasteiger partial charge in [-0.2, -0.15) is 0 Å². The molecule has 520 valence electrons. The molecular weight excluding hydrogens is 1310 g/mol. The van der Waals surface area contributed by atoms with E-state index in [9.17, 15) is 0 Å². The second kappa shape index (κ2) is 23.9. The normalized spacial score (nSPS) is 23.3. The summed E-state index contributed by atoms with van der Waals surface area (Å²) in [5.41, 5.74) is 32.0. The molecule has 8 saturated carbocycles. The lowest BCUT2D eigenvalue weighted by molar-refractivity contribution is -0.0399. The molecular formula is C108H83N. The van der Waals surface area contributed by atoms with Gasteiger partial charge in [0.2, 0.25) is 0 Å². The van der Waals surface area contributed by atoms with Crippen LogP contribution in [0.25, 0.3) is 160 Å². The van der Waals surface area contributed by atoms with Gasteiger partial charge in [-0.05, 0) is 314 Å². The lowest BCUT2D eigenvalue weighted by Crippen LogP contribution is -2.55. The molecule has 27 rings (SSSR count). The number of hydrogen-bond donors (Lipinski definition) is 0. The average molecular weight is 1390 g/mol. The zero-order valence-electron chi connectivity index (χ0n) is 61.4. The van der Waals surface area contributed by atoms with Gasteiger partial charge < -0.3 is 4.57 Å². The molecule has 1 aromatic heterocycles. The first-order valence-electron chi connectivity index (χ1n) is 40.7. The summed E-state index contributed by atoms with van der Waals surface area (Å²) in [4.78, 5) is 0.